The Kier molecular flexibility index (Phi) is 7.05. The first-order chi connectivity index (χ1) is 28.3. The molecule has 0 radical (unpaired) electrons. The lowest BCUT2D eigenvalue weighted by molar-refractivity contribution is 0.666. The highest BCUT2D eigenvalue weighted by molar-refractivity contribution is 6.14. The van der Waals surface area contributed by atoms with Crippen molar-refractivity contribution in [3.8, 4) is 39.1 Å². The maximum Gasteiger partial charge on any atom is 0.159 e. The predicted molar refractivity (Wildman–Crippen MR) is 238 cm³/mol. The third kappa shape index (κ3) is 4.92. The quantitative estimate of drug-likeness (QED) is 0.176. The summed E-state index contributed by atoms with van der Waals surface area (Å²) >= 11 is 0. The summed E-state index contributed by atoms with van der Waals surface area (Å²) in [4.78, 5) is 2.51. The van der Waals surface area contributed by atoms with Gasteiger partial charge < -0.3 is 13.9 Å². The van der Waals surface area contributed by atoms with Gasteiger partial charge in [0.2, 0.25) is 0 Å². The minimum Gasteiger partial charge on any atom is -0.454 e. The number of hydrogen-bond donors (Lipinski definition) is 0. The number of para-hydroxylation sites is 3. The highest BCUT2D eigenvalue weighted by Gasteiger charge is 2.37. The maximum absolute atomic E-state index is 6.80. The second-order valence-electron chi connectivity index (χ2n) is 15.2. The van der Waals surface area contributed by atoms with E-state index < -0.39 is 0 Å². The highest BCUT2D eigenvalue weighted by atomic mass is 16.3. The van der Waals surface area contributed by atoms with E-state index in [2.05, 4.69) is 216 Å². The van der Waals surface area contributed by atoms with Gasteiger partial charge >= 0.3 is 0 Å². The number of fused-ring (bicyclic) bond motifs is 9. The maximum atomic E-state index is 6.80. The van der Waals surface area contributed by atoms with Crippen LogP contribution in [0.3, 0.4) is 0 Å². The molecule has 0 fully saturated rings. The van der Waals surface area contributed by atoms with Crippen molar-refractivity contribution in [2.45, 2.75) is 12.0 Å². The number of anilines is 2. The summed E-state index contributed by atoms with van der Waals surface area (Å²) in [5.74, 6) is 0.324. The van der Waals surface area contributed by atoms with Gasteiger partial charge in [0.05, 0.1) is 22.8 Å². The Bertz CT molecular complexity index is 3260. The molecule has 12 rings (SSSR count). The number of allylic oxidation sites excluding steroid dienone is 2. The van der Waals surface area contributed by atoms with Crippen LogP contribution < -0.4 is 4.90 Å². The molecule has 2 unspecified atom stereocenters. The van der Waals surface area contributed by atoms with Crippen LogP contribution in [-0.4, -0.2) is 10.6 Å². The Hall–Kier alpha value is -7.36. The van der Waals surface area contributed by atoms with Crippen LogP contribution in [0.25, 0.3) is 82.8 Å². The summed E-state index contributed by atoms with van der Waals surface area (Å²) in [6.45, 7) is 0. The molecule has 10 aromatic rings. The minimum atomic E-state index is 0.258. The van der Waals surface area contributed by atoms with Crippen molar-refractivity contribution in [3.63, 3.8) is 0 Å². The zero-order chi connectivity index (χ0) is 37.5. The second-order valence-corrected chi connectivity index (χ2v) is 15.2. The fourth-order valence-corrected chi connectivity index (χ4v) is 9.55. The molecular weight excluding hydrogens is 693 g/mol. The van der Waals surface area contributed by atoms with E-state index in [0.29, 0.717) is 5.92 Å². The molecule has 0 spiro atoms. The largest absolute Gasteiger partial charge is 0.454 e. The van der Waals surface area contributed by atoms with Gasteiger partial charge in [0.15, 0.2) is 5.58 Å². The normalized spacial score (nSPS) is 15.9. The molecule has 0 amide bonds. The van der Waals surface area contributed by atoms with Gasteiger partial charge in [-0.1, -0.05) is 152 Å². The van der Waals surface area contributed by atoms with E-state index in [1.165, 1.54) is 55.5 Å². The van der Waals surface area contributed by atoms with Crippen molar-refractivity contribution in [3.05, 3.63) is 212 Å². The van der Waals surface area contributed by atoms with Crippen molar-refractivity contribution in [1.29, 1.82) is 0 Å². The molecule has 0 bridgehead atoms. The lowest BCUT2D eigenvalue weighted by Crippen LogP contribution is -2.28. The third-order valence-electron chi connectivity index (χ3n) is 12.1. The van der Waals surface area contributed by atoms with E-state index in [1.54, 1.807) is 0 Å². The summed E-state index contributed by atoms with van der Waals surface area (Å²) in [5.41, 5.74) is 16.1. The third-order valence-corrected chi connectivity index (χ3v) is 12.1. The van der Waals surface area contributed by atoms with E-state index in [9.17, 15) is 0 Å². The molecule has 1 aliphatic heterocycles. The molecule has 0 saturated heterocycles. The first kappa shape index (κ1) is 31.9. The van der Waals surface area contributed by atoms with E-state index in [0.717, 1.165) is 44.2 Å². The van der Waals surface area contributed by atoms with Gasteiger partial charge in [-0.05, 0) is 93.5 Å². The molecular formula is C54H36N2O. The Balaban J connectivity index is 1.07. The molecule has 8 aromatic carbocycles. The van der Waals surface area contributed by atoms with Crippen LogP contribution in [0.2, 0.25) is 0 Å². The van der Waals surface area contributed by atoms with Crippen LogP contribution in [0, 0.1) is 0 Å². The van der Waals surface area contributed by atoms with Gasteiger partial charge in [0.1, 0.15) is 5.58 Å². The average Bonchev–Trinajstić information content (AvgIpc) is 3.94. The lowest BCUT2D eigenvalue weighted by Gasteiger charge is -2.28. The monoisotopic (exact) mass is 728 g/mol. The zero-order valence-electron chi connectivity index (χ0n) is 31.1. The molecule has 268 valence electrons. The van der Waals surface area contributed by atoms with Crippen molar-refractivity contribution < 1.29 is 4.42 Å². The molecule has 3 heteroatoms. The molecule has 57 heavy (non-hydrogen) atoms. The second kappa shape index (κ2) is 12.6. The topological polar surface area (TPSA) is 21.3 Å². The van der Waals surface area contributed by atoms with E-state index in [4.69, 9.17) is 4.42 Å². The number of hydrogen-bond acceptors (Lipinski definition) is 2. The minimum absolute atomic E-state index is 0.258. The first-order valence-electron chi connectivity index (χ1n) is 19.8. The molecule has 2 aliphatic rings. The molecule has 2 aromatic heterocycles. The van der Waals surface area contributed by atoms with E-state index in [-0.39, 0.29) is 6.04 Å². The van der Waals surface area contributed by atoms with Crippen LogP contribution in [0.1, 0.15) is 11.5 Å². The Morgan fingerprint density at radius 3 is 1.91 bits per heavy atom. The van der Waals surface area contributed by atoms with Crippen LogP contribution in [-0.2, 0) is 0 Å². The van der Waals surface area contributed by atoms with Gasteiger partial charge in [0, 0.05) is 38.8 Å². The summed E-state index contributed by atoms with van der Waals surface area (Å²) in [6, 6.07) is 66.3. The molecule has 0 saturated carbocycles. The number of nitrogens with zero attached hydrogens (tertiary/aromatic N) is 2. The van der Waals surface area contributed by atoms with Crippen molar-refractivity contribution >= 4 is 55.1 Å². The van der Waals surface area contributed by atoms with Gasteiger partial charge in [-0.15, -0.1) is 0 Å². The van der Waals surface area contributed by atoms with Crippen LogP contribution in [0.15, 0.2) is 211 Å². The van der Waals surface area contributed by atoms with Crippen molar-refractivity contribution in [1.82, 2.24) is 4.57 Å². The fraction of sp³-hybridized carbons (Fsp3) is 0.0370. The van der Waals surface area contributed by atoms with Crippen LogP contribution >= 0.6 is 0 Å². The number of aromatic nitrogens is 1. The Morgan fingerprint density at radius 1 is 0.421 bits per heavy atom. The number of benzene rings is 8. The van der Waals surface area contributed by atoms with Crippen LogP contribution in [0.4, 0.5) is 11.4 Å². The Morgan fingerprint density at radius 2 is 1.05 bits per heavy atom. The molecule has 3 heterocycles. The molecule has 1 aliphatic carbocycles. The van der Waals surface area contributed by atoms with Gasteiger partial charge in [-0.3, -0.25) is 0 Å². The summed E-state index contributed by atoms with van der Waals surface area (Å²) in [7, 11) is 0. The van der Waals surface area contributed by atoms with Crippen molar-refractivity contribution in [2.75, 3.05) is 4.90 Å². The predicted octanol–water partition coefficient (Wildman–Crippen LogP) is 14.4. The smallest absolute Gasteiger partial charge is 0.159 e. The number of rotatable bonds is 5. The van der Waals surface area contributed by atoms with Crippen LogP contribution in [0.5, 0.6) is 0 Å². The summed E-state index contributed by atoms with van der Waals surface area (Å²) in [6.07, 6.45) is 9.06. The summed E-state index contributed by atoms with van der Waals surface area (Å²) < 4.78 is 9.21. The van der Waals surface area contributed by atoms with Crippen molar-refractivity contribution in [2.24, 2.45) is 0 Å². The number of furan rings is 1. The highest BCUT2D eigenvalue weighted by Crippen LogP contribution is 2.49. The molecule has 2 atom stereocenters. The van der Waals surface area contributed by atoms with Gasteiger partial charge in [0.25, 0.3) is 0 Å². The van der Waals surface area contributed by atoms with E-state index >= 15 is 0 Å². The van der Waals surface area contributed by atoms with Gasteiger partial charge in [-0.25, -0.2) is 0 Å². The molecule has 3 nitrogen and oxygen atoms in total. The average molecular weight is 729 g/mol. The zero-order valence-corrected chi connectivity index (χ0v) is 31.1. The standard InChI is InChI=1S/C54H36N2O/c1-3-15-35(16-4-1)40-19-7-8-20-41(40)38-32-47-45-23-11-14-26-53(45)57-54(47)52(34-38)56-49-25-13-10-22-43(49)46-31-36(28-30-50(46)56)37-27-29-44-42-21-9-12-24-48(42)55(51(44)33-37)39-17-5-2-6-18-39/h1-34,42,48H. The first-order valence-corrected chi connectivity index (χ1v) is 19.8. The lowest BCUT2D eigenvalue weighted by atomic mass is 9.90. The van der Waals surface area contributed by atoms with E-state index in [1.807, 2.05) is 0 Å². The summed E-state index contributed by atoms with van der Waals surface area (Å²) in [5, 5.41) is 4.64. The molecule has 0 N–H and O–H groups in total. The Labute approximate surface area is 330 Å². The SMILES string of the molecule is C1=CC2c3ccc(-c4ccc5c(c4)c4ccccc4n5-c4cc(-c5ccccc5-c5ccccc5)cc5c4oc4ccccc45)cc3N(c3ccccc3)C2C=C1. The van der Waals surface area contributed by atoms with Gasteiger partial charge in [-0.2, -0.15) is 0 Å². The fourth-order valence-electron chi connectivity index (χ4n) is 9.55.